The molecule has 29 heavy (non-hydrogen) atoms. The van der Waals surface area contributed by atoms with E-state index in [4.69, 9.17) is 19.4 Å². The fourth-order valence-electron chi connectivity index (χ4n) is 3.13. The van der Waals surface area contributed by atoms with Crippen molar-refractivity contribution >= 4 is 11.6 Å². The van der Waals surface area contributed by atoms with Crippen molar-refractivity contribution in [1.29, 1.82) is 0 Å². The fraction of sp³-hybridized carbons (Fsp3) is 0.318. The van der Waals surface area contributed by atoms with Crippen molar-refractivity contribution in [3.05, 3.63) is 60.9 Å². The molecular weight excluding hydrogens is 366 g/mol. The van der Waals surface area contributed by atoms with E-state index in [1.54, 1.807) is 12.4 Å². The predicted molar refractivity (Wildman–Crippen MR) is 114 cm³/mol. The third kappa shape index (κ3) is 5.00. The molecule has 150 valence electrons. The van der Waals surface area contributed by atoms with Crippen molar-refractivity contribution in [3.63, 3.8) is 0 Å². The minimum atomic E-state index is 0.569. The van der Waals surface area contributed by atoms with Crippen LogP contribution in [-0.4, -0.2) is 61.5 Å². The molecule has 3 heterocycles. The van der Waals surface area contributed by atoms with Crippen molar-refractivity contribution in [2.75, 3.05) is 56.3 Å². The van der Waals surface area contributed by atoms with Gasteiger partial charge in [-0.05, 0) is 24.3 Å². The van der Waals surface area contributed by atoms with Crippen molar-refractivity contribution in [3.8, 4) is 17.1 Å². The highest BCUT2D eigenvalue weighted by atomic mass is 16.5. The number of hydrogen-bond donors (Lipinski definition) is 0. The van der Waals surface area contributed by atoms with Gasteiger partial charge in [-0.15, -0.1) is 0 Å². The Hall–Kier alpha value is -3.19. The first-order chi connectivity index (χ1) is 14.3. The maximum Gasteiger partial charge on any atom is 0.165 e. The summed E-state index contributed by atoms with van der Waals surface area (Å²) in [6.45, 7) is 4.35. The van der Waals surface area contributed by atoms with E-state index >= 15 is 0 Å². The van der Waals surface area contributed by atoms with Gasteiger partial charge in [0.1, 0.15) is 24.0 Å². The number of pyridine rings is 1. The van der Waals surface area contributed by atoms with Gasteiger partial charge in [0.25, 0.3) is 0 Å². The van der Waals surface area contributed by atoms with Gasteiger partial charge in [0.15, 0.2) is 5.82 Å². The van der Waals surface area contributed by atoms with Gasteiger partial charge in [-0.1, -0.05) is 18.2 Å². The Kier molecular flexibility index (Phi) is 6.16. The molecule has 7 heteroatoms. The highest BCUT2D eigenvalue weighted by Gasteiger charge is 2.17. The second-order valence-electron chi connectivity index (χ2n) is 6.83. The zero-order chi connectivity index (χ0) is 19.9. The highest BCUT2D eigenvalue weighted by Crippen LogP contribution is 2.24. The molecule has 0 unspecified atom stereocenters. The summed E-state index contributed by atoms with van der Waals surface area (Å²) < 4.78 is 11.3. The number of ether oxygens (including phenoxy) is 2. The average molecular weight is 391 g/mol. The van der Waals surface area contributed by atoms with Crippen LogP contribution in [0.3, 0.4) is 0 Å². The molecule has 0 radical (unpaired) electrons. The highest BCUT2D eigenvalue weighted by molar-refractivity contribution is 5.61. The lowest BCUT2D eigenvalue weighted by atomic mass is 10.2. The van der Waals surface area contributed by atoms with Crippen LogP contribution in [0.1, 0.15) is 0 Å². The summed E-state index contributed by atoms with van der Waals surface area (Å²) in [4.78, 5) is 18.1. The minimum absolute atomic E-state index is 0.569. The van der Waals surface area contributed by atoms with E-state index in [9.17, 15) is 0 Å². The molecule has 0 spiro atoms. The molecule has 1 fully saturated rings. The summed E-state index contributed by atoms with van der Waals surface area (Å²) in [5.74, 6) is 3.31. The third-order valence-corrected chi connectivity index (χ3v) is 4.78. The standard InChI is InChI=1S/C22H25N5O2/c1-26(10-15-29-19-7-3-2-4-8-19)20-16-21(27-11-13-28-14-12-27)25-22(24-20)18-6-5-9-23-17-18/h2-9,16-17H,10-15H2,1H3. The Morgan fingerprint density at radius 2 is 1.90 bits per heavy atom. The summed E-state index contributed by atoms with van der Waals surface area (Å²) in [5.41, 5.74) is 0.901. The van der Waals surface area contributed by atoms with E-state index in [1.807, 2.05) is 55.6 Å². The molecule has 3 aromatic rings. The van der Waals surface area contributed by atoms with E-state index in [1.165, 1.54) is 0 Å². The van der Waals surface area contributed by atoms with Gasteiger partial charge in [-0.3, -0.25) is 4.98 Å². The third-order valence-electron chi connectivity index (χ3n) is 4.78. The zero-order valence-electron chi connectivity index (χ0n) is 16.6. The Bertz CT molecular complexity index is 902. The Morgan fingerprint density at radius 3 is 2.66 bits per heavy atom. The van der Waals surface area contributed by atoms with Crippen LogP contribution in [0.5, 0.6) is 5.75 Å². The zero-order valence-corrected chi connectivity index (χ0v) is 16.6. The number of benzene rings is 1. The largest absolute Gasteiger partial charge is 0.492 e. The number of aromatic nitrogens is 3. The number of nitrogens with zero attached hydrogens (tertiary/aromatic N) is 5. The fourth-order valence-corrected chi connectivity index (χ4v) is 3.13. The smallest absolute Gasteiger partial charge is 0.165 e. The summed E-state index contributed by atoms with van der Waals surface area (Å²) in [6.07, 6.45) is 3.55. The molecule has 1 aliphatic heterocycles. The molecule has 1 saturated heterocycles. The summed E-state index contributed by atoms with van der Waals surface area (Å²) in [6, 6.07) is 15.8. The predicted octanol–water partition coefficient (Wildman–Crippen LogP) is 2.89. The molecule has 0 atom stereocenters. The SMILES string of the molecule is CN(CCOc1ccccc1)c1cc(N2CCOCC2)nc(-c2cccnc2)n1. The van der Waals surface area contributed by atoms with Crippen LogP contribution in [0.25, 0.3) is 11.4 Å². The van der Waals surface area contributed by atoms with Gasteiger partial charge >= 0.3 is 0 Å². The molecule has 0 saturated carbocycles. The maximum atomic E-state index is 5.84. The van der Waals surface area contributed by atoms with Gasteiger partial charge in [0.2, 0.25) is 0 Å². The Morgan fingerprint density at radius 1 is 1.07 bits per heavy atom. The van der Waals surface area contributed by atoms with E-state index < -0.39 is 0 Å². The lowest BCUT2D eigenvalue weighted by Crippen LogP contribution is -2.37. The van der Waals surface area contributed by atoms with Crippen LogP contribution in [0.15, 0.2) is 60.9 Å². The van der Waals surface area contributed by atoms with Gasteiger partial charge in [0, 0.05) is 44.2 Å². The number of morpholine rings is 1. The van der Waals surface area contributed by atoms with Crippen molar-refractivity contribution < 1.29 is 9.47 Å². The Balaban J connectivity index is 1.54. The van der Waals surface area contributed by atoms with Gasteiger partial charge in [-0.2, -0.15) is 0 Å². The Labute approximate surface area is 171 Å². The van der Waals surface area contributed by atoms with Crippen LogP contribution >= 0.6 is 0 Å². The molecule has 4 rings (SSSR count). The van der Waals surface area contributed by atoms with Crippen molar-refractivity contribution in [2.24, 2.45) is 0 Å². The summed E-state index contributed by atoms with van der Waals surface area (Å²) in [5, 5.41) is 0. The summed E-state index contributed by atoms with van der Waals surface area (Å²) in [7, 11) is 2.02. The number of rotatable bonds is 7. The molecule has 0 bridgehead atoms. The lowest BCUT2D eigenvalue weighted by molar-refractivity contribution is 0.122. The first-order valence-corrected chi connectivity index (χ1v) is 9.81. The number of para-hydroxylation sites is 1. The number of anilines is 2. The summed E-state index contributed by atoms with van der Waals surface area (Å²) >= 11 is 0. The molecule has 1 aliphatic rings. The molecule has 0 amide bonds. The molecule has 7 nitrogen and oxygen atoms in total. The van der Waals surface area contributed by atoms with E-state index in [0.29, 0.717) is 32.2 Å². The normalized spacial score (nSPS) is 13.9. The topological polar surface area (TPSA) is 63.6 Å². The van der Waals surface area contributed by atoms with Crippen LogP contribution in [-0.2, 0) is 4.74 Å². The van der Waals surface area contributed by atoms with Crippen LogP contribution in [0.2, 0.25) is 0 Å². The number of hydrogen-bond acceptors (Lipinski definition) is 7. The molecular formula is C22H25N5O2. The van der Waals surface area contributed by atoms with Gasteiger partial charge in [-0.25, -0.2) is 9.97 Å². The van der Waals surface area contributed by atoms with E-state index in [2.05, 4.69) is 14.8 Å². The van der Waals surface area contributed by atoms with Gasteiger partial charge < -0.3 is 19.3 Å². The lowest BCUT2D eigenvalue weighted by Gasteiger charge is -2.29. The minimum Gasteiger partial charge on any atom is -0.492 e. The van der Waals surface area contributed by atoms with Crippen molar-refractivity contribution in [1.82, 2.24) is 15.0 Å². The van der Waals surface area contributed by atoms with E-state index in [0.717, 1.165) is 36.0 Å². The first-order valence-electron chi connectivity index (χ1n) is 9.81. The monoisotopic (exact) mass is 391 g/mol. The molecule has 1 aromatic carbocycles. The average Bonchev–Trinajstić information content (AvgIpc) is 2.80. The van der Waals surface area contributed by atoms with Crippen LogP contribution < -0.4 is 14.5 Å². The molecule has 0 N–H and O–H groups in total. The van der Waals surface area contributed by atoms with E-state index in [-0.39, 0.29) is 0 Å². The molecule has 0 aliphatic carbocycles. The maximum absolute atomic E-state index is 5.84. The van der Waals surface area contributed by atoms with Crippen molar-refractivity contribution in [2.45, 2.75) is 0 Å². The van der Waals surface area contributed by atoms with Crippen LogP contribution in [0.4, 0.5) is 11.6 Å². The van der Waals surface area contributed by atoms with Crippen LogP contribution in [0, 0.1) is 0 Å². The number of likely N-dealkylation sites (N-methyl/N-ethyl adjacent to an activating group) is 1. The molecule has 2 aromatic heterocycles. The first kappa shape index (κ1) is 19.1. The van der Waals surface area contributed by atoms with Gasteiger partial charge in [0.05, 0.1) is 19.8 Å². The quantitative estimate of drug-likeness (QED) is 0.614. The second-order valence-corrected chi connectivity index (χ2v) is 6.83. The second kappa shape index (κ2) is 9.34.